The predicted molar refractivity (Wildman–Crippen MR) is 67.4 cm³/mol. The van der Waals surface area contributed by atoms with Gasteiger partial charge in [0.2, 0.25) is 11.7 Å². The van der Waals surface area contributed by atoms with Gasteiger partial charge in [-0.3, -0.25) is 0 Å². The minimum Gasteiger partial charge on any atom is -0.338 e. The van der Waals surface area contributed by atoms with Gasteiger partial charge < -0.3 is 10.3 Å². The number of nitrogens with zero attached hydrogens (tertiary/aromatic N) is 2. The summed E-state index contributed by atoms with van der Waals surface area (Å²) < 4.78 is 6.28. The number of nitrogens with two attached hydrogens (primary N) is 1. The third-order valence-electron chi connectivity index (χ3n) is 2.31. The van der Waals surface area contributed by atoms with Crippen molar-refractivity contribution in [1.82, 2.24) is 10.1 Å². The maximum atomic E-state index is 5.66. The quantitative estimate of drug-likeness (QED) is 0.947. The Morgan fingerprint density at radius 2 is 2.25 bits per heavy atom. The van der Waals surface area contributed by atoms with Crippen LogP contribution in [0.4, 0.5) is 0 Å². The molecule has 4 nitrogen and oxygen atoms in total. The van der Waals surface area contributed by atoms with Gasteiger partial charge >= 0.3 is 0 Å². The van der Waals surface area contributed by atoms with E-state index >= 15 is 0 Å². The van der Waals surface area contributed by atoms with E-state index in [4.69, 9.17) is 10.3 Å². The number of rotatable bonds is 3. The molecule has 2 heterocycles. The van der Waals surface area contributed by atoms with Crippen LogP contribution in [0.2, 0.25) is 0 Å². The minimum absolute atomic E-state index is 0.278. The minimum atomic E-state index is -0.278. The molecule has 0 saturated carbocycles. The van der Waals surface area contributed by atoms with Crippen LogP contribution >= 0.6 is 27.3 Å². The zero-order valence-electron chi connectivity index (χ0n) is 9.03. The van der Waals surface area contributed by atoms with Gasteiger partial charge in [0, 0.05) is 6.54 Å². The lowest BCUT2D eigenvalue weighted by Gasteiger charge is -2.15. The maximum absolute atomic E-state index is 5.66. The molecule has 16 heavy (non-hydrogen) atoms. The Morgan fingerprint density at radius 3 is 2.81 bits per heavy atom. The zero-order chi connectivity index (χ0) is 11.8. The van der Waals surface area contributed by atoms with Gasteiger partial charge in [-0.15, -0.1) is 11.3 Å². The first kappa shape index (κ1) is 11.8. The number of thiophene rings is 1. The monoisotopic (exact) mass is 301 g/mol. The third-order valence-corrected chi connectivity index (χ3v) is 3.93. The Bertz CT molecular complexity index is 492. The van der Waals surface area contributed by atoms with Crippen LogP contribution in [0.5, 0.6) is 0 Å². The standard InChI is InChI=1S/C10H12BrN3OS/c1-10(2,5-12)9-13-8(14-15-9)6-3-4-7(11)16-6/h3-4H,5,12H2,1-2H3. The highest BCUT2D eigenvalue weighted by molar-refractivity contribution is 9.11. The molecule has 0 aromatic carbocycles. The summed E-state index contributed by atoms with van der Waals surface area (Å²) in [5, 5.41) is 3.96. The van der Waals surface area contributed by atoms with E-state index in [2.05, 4.69) is 26.1 Å². The third kappa shape index (κ3) is 2.18. The van der Waals surface area contributed by atoms with Crippen LogP contribution in [-0.4, -0.2) is 16.7 Å². The SMILES string of the molecule is CC(C)(CN)c1nc(-c2ccc(Br)s2)no1. The highest BCUT2D eigenvalue weighted by atomic mass is 79.9. The molecular formula is C10H12BrN3OS. The van der Waals surface area contributed by atoms with Crippen LogP contribution in [0, 0.1) is 0 Å². The van der Waals surface area contributed by atoms with Crippen LogP contribution < -0.4 is 5.73 Å². The van der Waals surface area contributed by atoms with Gasteiger partial charge in [-0.05, 0) is 41.9 Å². The smallest absolute Gasteiger partial charge is 0.233 e. The van der Waals surface area contributed by atoms with Crippen molar-refractivity contribution in [3.05, 3.63) is 21.8 Å². The van der Waals surface area contributed by atoms with Crippen LogP contribution in [0.25, 0.3) is 10.7 Å². The summed E-state index contributed by atoms with van der Waals surface area (Å²) in [6, 6.07) is 3.92. The van der Waals surface area contributed by atoms with Crippen molar-refractivity contribution in [1.29, 1.82) is 0 Å². The van der Waals surface area contributed by atoms with E-state index in [1.165, 1.54) is 0 Å². The Morgan fingerprint density at radius 1 is 1.50 bits per heavy atom. The van der Waals surface area contributed by atoms with E-state index in [1.807, 2.05) is 26.0 Å². The van der Waals surface area contributed by atoms with Crippen molar-refractivity contribution in [3.8, 4) is 10.7 Å². The normalized spacial score (nSPS) is 12.0. The van der Waals surface area contributed by atoms with Gasteiger partial charge in [-0.2, -0.15) is 4.98 Å². The fourth-order valence-electron chi connectivity index (χ4n) is 1.12. The molecule has 2 rings (SSSR count). The summed E-state index contributed by atoms with van der Waals surface area (Å²) in [7, 11) is 0. The van der Waals surface area contributed by atoms with Crippen LogP contribution in [-0.2, 0) is 5.41 Å². The lowest BCUT2D eigenvalue weighted by molar-refractivity contribution is 0.311. The molecule has 0 amide bonds. The molecule has 0 aliphatic carbocycles. The summed E-state index contributed by atoms with van der Waals surface area (Å²) >= 11 is 4.97. The Hall–Kier alpha value is -0.720. The van der Waals surface area contributed by atoms with Crippen LogP contribution in [0.1, 0.15) is 19.7 Å². The molecule has 0 aliphatic rings. The molecule has 2 aromatic heterocycles. The second-order valence-electron chi connectivity index (χ2n) is 4.11. The van der Waals surface area contributed by atoms with Crippen molar-refractivity contribution < 1.29 is 4.52 Å². The van der Waals surface area contributed by atoms with Gasteiger partial charge in [-0.25, -0.2) is 0 Å². The van der Waals surface area contributed by atoms with Crippen LogP contribution in [0.15, 0.2) is 20.4 Å². The summed E-state index contributed by atoms with van der Waals surface area (Å²) in [6.07, 6.45) is 0. The molecule has 86 valence electrons. The second kappa shape index (κ2) is 4.27. The summed E-state index contributed by atoms with van der Waals surface area (Å²) in [5.41, 5.74) is 5.38. The van der Waals surface area contributed by atoms with Gasteiger partial charge in [0.25, 0.3) is 0 Å². The molecule has 0 spiro atoms. The zero-order valence-corrected chi connectivity index (χ0v) is 11.4. The van der Waals surface area contributed by atoms with Crippen molar-refractivity contribution in [2.75, 3.05) is 6.54 Å². The Kier molecular flexibility index (Phi) is 3.14. The first-order valence-corrected chi connectivity index (χ1v) is 6.44. The molecule has 0 atom stereocenters. The Labute approximate surface area is 106 Å². The van der Waals surface area contributed by atoms with E-state index in [0.29, 0.717) is 18.3 Å². The van der Waals surface area contributed by atoms with Crippen molar-refractivity contribution >= 4 is 27.3 Å². The van der Waals surface area contributed by atoms with Gasteiger partial charge in [-0.1, -0.05) is 5.16 Å². The highest BCUT2D eigenvalue weighted by Crippen LogP contribution is 2.30. The summed E-state index contributed by atoms with van der Waals surface area (Å²) in [5.74, 6) is 1.20. The average molecular weight is 302 g/mol. The first-order valence-electron chi connectivity index (χ1n) is 4.83. The van der Waals surface area contributed by atoms with Crippen LogP contribution in [0.3, 0.4) is 0 Å². The molecular weight excluding hydrogens is 290 g/mol. The first-order chi connectivity index (χ1) is 7.53. The van der Waals surface area contributed by atoms with Crippen molar-refractivity contribution in [3.63, 3.8) is 0 Å². The summed E-state index contributed by atoms with van der Waals surface area (Å²) in [4.78, 5) is 5.35. The molecule has 0 unspecified atom stereocenters. The largest absolute Gasteiger partial charge is 0.338 e. The lowest BCUT2D eigenvalue weighted by atomic mass is 9.94. The molecule has 2 aromatic rings. The number of aromatic nitrogens is 2. The molecule has 0 bridgehead atoms. The lowest BCUT2D eigenvalue weighted by Crippen LogP contribution is -2.28. The van der Waals surface area contributed by atoms with E-state index in [-0.39, 0.29) is 5.41 Å². The molecule has 6 heteroatoms. The van der Waals surface area contributed by atoms with Crippen molar-refractivity contribution in [2.45, 2.75) is 19.3 Å². The highest BCUT2D eigenvalue weighted by Gasteiger charge is 2.26. The molecule has 0 fully saturated rings. The summed E-state index contributed by atoms with van der Waals surface area (Å²) in [6.45, 7) is 4.44. The van der Waals surface area contributed by atoms with E-state index in [9.17, 15) is 0 Å². The number of halogens is 1. The van der Waals surface area contributed by atoms with Gasteiger partial charge in [0.05, 0.1) is 14.1 Å². The van der Waals surface area contributed by atoms with Gasteiger partial charge in [0.15, 0.2) is 0 Å². The molecule has 0 saturated heterocycles. The Balaban J connectivity index is 2.33. The maximum Gasteiger partial charge on any atom is 0.233 e. The topological polar surface area (TPSA) is 64.9 Å². The van der Waals surface area contributed by atoms with E-state index < -0.39 is 0 Å². The van der Waals surface area contributed by atoms with E-state index in [0.717, 1.165) is 8.66 Å². The number of hydrogen-bond donors (Lipinski definition) is 1. The molecule has 2 N–H and O–H groups in total. The fraction of sp³-hybridized carbons (Fsp3) is 0.400. The fourth-order valence-corrected chi connectivity index (χ4v) is 2.43. The number of hydrogen-bond acceptors (Lipinski definition) is 5. The molecule has 0 aliphatic heterocycles. The second-order valence-corrected chi connectivity index (χ2v) is 6.58. The van der Waals surface area contributed by atoms with Crippen molar-refractivity contribution in [2.24, 2.45) is 5.73 Å². The van der Waals surface area contributed by atoms with E-state index in [1.54, 1.807) is 11.3 Å². The predicted octanol–water partition coefficient (Wildman–Crippen LogP) is 2.80. The molecule has 0 radical (unpaired) electrons. The average Bonchev–Trinajstić information content (AvgIpc) is 2.85. The van der Waals surface area contributed by atoms with Gasteiger partial charge in [0.1, 0.15) is 0 Å².